The maximum absolute atomic E-state index is 3.79. The van der Waals surface area contributed by atoms with Crippen molar-refractivity contribution in [2.75, 3.05) is 0 Å². The maximum atomic E-state index is 3.79. The minimum atomic E-state index is 0.335. The Morgan fingerprint density at radius 2 is 1.87 bits per heavy atom. The normalized spacial score (nSPS) is 13.0. The van der Waals surface area contributed by atoms with Crippen LogP contribution in [0.25, 0.3) is 0 Å². The minimum absolute atomic E-state index is 0.335. The zero-order chi connectivity index (χ0) is 10.8. The Balaban J connectivity index is 2.36. The molecule has 0 saturated heterocycles. The van der Waals surface area contributed by atoms with Crippen molar-refractivity contribution < 1.29 is 0 Å². The SMILES string of the molecule is CCc1ccsc1C(Br)c1sccc1Br. The van der Waals surface area contributed by atoms with Crippen molar-refractivity contribution in [3.8, 4) is 0 Å². The molecule has 2 aromatic heterocycles. The molecule has 0 aromatic carbocycles. The molecular formula is C11H10Br2S2. The Kier molecular flexibility index (Phi) is 4.04. The van der Waals surface area contributed by atoms with Crippen LogP contribution in [0.1, 0.15) is 27.1 Å². The highest BCUT2D eigenvalue weighted by atomic mass is 79.9. The van der Waals surface area contributed by atoms with Crippen LogP contribution in [0.15, 0.2) is 27.4 Å². The standard InChI is InChI=1S/C11H10Br2S2/c1-2-7-3-5-14-10(7)9(13)11-8(12)4-6-15-11/h3-6,9H,2H2,1H3. The third-order valence-corrected chi connectivity index (χ3v) is 6.75. The van der Waals surface area contributed by atoms with Gasteiger partial charge in [-0.25, -0.2) is 0 Å². The largest absolute Gasteiger partial charge is 0.147 e. The maximum Gasteiger partial charge on any atom is 0.0845 e. The average molecular weight is 366 g/mol. The van der Waals surface area contributed by atoms with E-state index in [0.717, 1.165) is 6.42 Å². The summed E-state index contributed by atoms with van der Waals surface area (Å²) >= 11 is 11.0. The smallest absolute Gasteiger partial charge is 0.0845 e. The van der Waals surface area contributed by atoms with E-state index in [1.165, 1.54) is 19.8 Å². The van der Waals surface area contributed by atoms with Gasteiger partial charge in [0.05, 0.1) is 4.83 Å². The molecule has 1 unspecified atom stereocenters. The summed E-state index contributed by atoms with van der Waals surface area (Å²) in [5.74, 6) is 0. The summed E-state index contributed by atoms with van der Waals surface area (Å²) < 4.78 is 1.20. The second-order valence-electron chi connectivity index (χ2n) is 3.16. The Hall–Kier alpha value is 0.360. The third-order valence-electron chi connectivity index (χ3n) is 2.27. The first-order valence-corrected chi connectivity index (χ1v) is 8.14. The second-order valence-corrected chi connectivity index (χ2v) is 6.82. The molecule has 1 atom stereocenters. The van der Waals surface area contributed by atoms with Gasteiger partial charge >= 0.3 is 0 Å². The highest BCUT2D eigenvalue weighted by Crippen LogP contribution is 2.42. The van der Waals surface area contributed by atoms with E-state index in [1.54, 1.807) is 11.3 Å². The predicted octanol–water partition coefficient (Wildman–Crippen LogP) is 5.62. The molecule has 0 spiro atoms. The summed E-state index contributed by atoms with van der Waals surface area (Å²) in [6.07, 6.45) is 1.10. The molecule has 0 saturated carbocycles. The van der Waals surface area contributed by atoms with Gasteiger partial charge in [0.25, 0.3) is 0 Å². The fourth-order valence-corrected chi connectivity index (χ4v) is 5.60. The van der Waals surface area contributed by atoms with Crippen molar-refractivity contribution in [2.45, 2.75) is 18.2 Å². The molecule has 0 nitrogen and oxygen atoms in total. The first-order valence-electron chi connectivity index (χ1n) is 4.67. The van der Waals surface area contributed by atoms with Gasteiger partial charge in [0.2, 0.25) is 0 Å². The van der Waals surface area contributed by atoms with E-state index in [0.29, 0.717) is 4.83 Å². The van der Waals surface area contributed by atoms with Gasteiger partial charge in [-0.15, -0.1) is 22.7 Å². The number of halogens is 2. The van der Waals surface area contributed by atoms with Crippen LogP contribution in [0, 0.1) is 0 Å². The molecule has 0 aliphatic rings. The van der Waals surface area contributed by atoms with Crippen LogP contribution >= 0.6 is 54.5 Å². The van der Waals surface area contributed by atoms with Gasteiger partial charge in [-0.3, -0.25) is 0 Å². The van der Waals surface area contributed by atoms with Crippen molar-refractivity contribution in [1.82, 2.24) is 0 Å². The minimum Gasteiger partial charge on any atom is -0.147 e. The van der Waals surface area contributed by atoms with E-state index >= 15 is 0 Å². The van der Waals surface area contributed by atoms with Gasteiger partial charge in [0, 0.05) is 14.2 Å². The lowest BCUT2D eigenvalue weighted by Gasteiger charge is -2.08. The molecule has 2 heterocycles. The summed E-state index contributed by atoms with van der Waals surface area (Å²) in [5.41, 5.74) is 1.45. The highest BCUT2D eigenvalue weighted by molar-refractivity contribution is 9.11. The monoisotopic (exact) mass is 364 g/mol. The summed E-state index contributed by atoms with van der Waals surface area (Å²) in [7, 11) is 0. The molecule has 2 rings (SSSR count). The lowest BCUT2D eigenvalue weighted by Crippen LogP contribution is -1.91. The molecule has 0 amide bonds. The Bertz CT molecular complexity index is 445. The molecule has 0 aliphatic carbocycles. The van der Waals surface area contributed by atoms with E-state index in [9.17, 15) is 0 Å². The fourth-order valence-electron chi connectivity index (χ4n) is 1.47. The molecule has 80 valence electrons. The van der Waals surface area contributed by atoms with Gasteiger partial charge < -0.3 is 0 Å². The van der Waals surface area contributed by atoms with Crippen LogP contribution in [-0.2, 0) is 6.42 Å². The van der Waals surface area contributed by atoms with Gasteiger partial charge in [-0.1, -0.05) is 22.9 Å². The number of alkyl halides is 1. The van der Waals surface area contributed by atoms with Crippen LogP contribution in [-0.4, -0.2) is 0 Å². The van der Waals surface area contributed by atoms with E-state index in [4.69, 9.17) is 0 Å². The molecule has 0 bridgehead atoms. The third kappa shape index (κ3) is 2.38. The van der Waals surface area contributed by atoms with Gasteiger partial charge in [-0.05, 0) is 50.8 Å². The molecule has 0 fully saturated rings. The quantitative estimate of drug-likeness (QED) is 0.619. The zero-order valence-corrected chi connectivity index (χ0v) is 13.0. The average Bonchev–Trinajstić information content (AvgIpc) is 2.84. The number of thiophene rings is 2. The molecule has 4 heteroatoms. The highest BCUT2D eigenvalue weighted by Gasteiger charge is 2.18. The Morgan fingerprint density at radius 1 is 1.20 bits per heavy atom. The second kappa shape index (κ2) is 5.13. The van der Waals surface area contributed by atoms with Crippen molar-refractivity contribution in [3.63, 3.8) is 0 Å². The number of rotatable bonds is 3. The molecule has 0 N–H and O–H groups in total. The zero-order valence-electron chi connectivity index (χ0n) is 8.17. The lowest BCUT2D eigenvalue weighted by molar-refractivity contribution is 1.10. The van der Waals surface area contributed by atoms with Crippen molar-refractivity contribution in [1.29, 1.82) is 0 Å². The Labute approximate surface area is 115 Å². The van der Waals surface area contributed by atoms with Crippen LogP contribution in [0.5, 0.6) is 0 Å². The fraction of sp³-hybridized carbons (Fsp3) is 0.273. The molecule has 0 aliphatic heterocycles. The van der Waals surface area contributed by atoms with E-state index in [1.807, 2.05) is 11.3 Å². The summed E-state index contributed by atoms with van der Waals surface area (Å²) in [4.78, 5) is 3.12. The van der Waals surface area contributed by atoms with Crippen molar-refractivity contribution in [2.24, 2.45) is 0 Å². The predicted molar refractivity (Wildman–Crippen MR) is 76.5 cm³/mol. The van der Waals surface area contributed by atoms with Crippen LogP contribution in [0.2, 0.25) is 0 Å². The topological polar surface area (TPSA) is 0 Å². The summed E-state index contributed by atoms with van der Waals surface area (Å²) in [6.45, 7) is 2.20. The summed E-state index contributed by atoms with van der Waals surface area (Å²) in [6, 6.07) is 4.32. The number of hydrogen-bond acceptors (Lipinski definition) is 2. The van der Waals surface area contributed by atoms with E-state index in [-0.39, 0.29) is 0 Å². The molecule has 2 aromatic rings. The van der Waals surface area contributed by atoms with Crippen LogP contribution in [0.3, 0.4) is 0 Å². The molecule has 15 heavy (non-hydrogen) atoms. The van der Waals surface area contributed by atoms with Gasteiger partial charge in [0.1, 0.15) is 0 Å². The number of hydrogen-bond donors (Lipinski definition) is 0. The summed E-state index contributed by atoms with van der Waals surface area (Å²) in [5, 5.41) is 4.29. The lowest BCUT2D eigenvalue weighted by atomic mass is 10.1. The van der Waals surface area contributed by atoms with Gasteiger partial charge in [-0.2, -0.15) is 0 Å². The Morgan fingerprint density at radius 3 is 2.47 bits per heavy atom. The first-order chi connectivity index (χ1) is 7.24. The van der Waals surface area contributed by atoms with Gasteiger partial charge in [0.15, 0.2) is 0 Å². The van der Waals surface area contributed by atoms with E-state index < -0.39 is 0 Å². The van der Waals surface area contributed by atoms with Crippen LogP contribution < -0.4 is 0 Å². The molecule has 0 radical (unpaired) electrons. The number of aryl methyl sites for hydroxylation is 1. The first kappa shape index (κ1) is 11.8. The van der Waals surface area contributed by atoms with E-state index in [2.05, 4.69) is 61.7 Å². The molecular weight excluding hydrogens is 356 g/mol. The van der Waals surface area contributed by atoms with Crippen LogP contribution in [0.4, 0.5) is 0 Å². The van der Waals surface area contributed by atoms with Crippen molar-refractivity contribution >= 4 is 54.5 Å². The van der Waals surface area contributed by atoms with Crippen molar-refractivity contribution in [3.05, 3.63) is 42.7 Å².